The van der Waals surface area contributed by atoms with Gasteiger partial charge in [0.25, 0.3) is 0 Å². The highest BCUT2D eigenvalue weighted by Crippen LogP contribution is 2.17. The zero-order valence-electron chi connectivity index (χ0n) is 43.8. The van der Waals surface area contributed by atoms with Crippen molar-refractivity contribution in [2.45, 2.75) is 335 Å². The molecule has 0 aliphatic carbocycles. The molecule has 0 unspecified atom stereocenters. The molecule has 0 saturated carbocycles. The summed E-state index contributed by atoms with van der Waals surface area (Å²) in [6.07, 6.45) is 65.2. The number of rotatable bonds is 55. The Bertz CT molecular complexity index is 932. The summed E-state index contributed by atoms with van der Waals surface area (Å²) in [6.45, 7) is 7.90. The molecule has 0 saturated heterocycles. The quantitative estimate of drug-likeness (QED) is 0.0346. The van der Waals surface area contributed by atoms with Gasteiger partial charge in [-0.05, 0) is 44.9 Å². The SMILES string of the molecule is CCCCCCCC/C=C\CCCCCCCC(=O)O[C@H](COCCCCCCCCCCCCCCCCCC)COC(=O)CCCCCCCCCCCCCCCCCCC. The molecule has 0 amide bonds. The number of unbranched alkanes of at least 4 members (excludes halogenated alkanes) is 42. The summed E-state index contributed by atoms with van der Waals surface area (Å²) in [7, 11) is 0. The molecular formula is C59H114O5. The van der Waals surface area contributed by atoms with Crippen LogP contribution in [-0.4, -0.2) is 37.9 Å². The molecule has 5 nitrogen and oxygen atoms in total. The molecule has 5 heteroatoms. The second-order valence-electron chi connectivity index (χ2n) is 19.9. The third-order valence-corrected chi connectivity index (χ3v) is 13.3. The maximum Gasteiger partial charge on any atom is 0.306 e. The molecule has 0 spiro atoms. The smallest absolute Gasteiger partial charge is 0.306 e. The van der Waals surface area contributed by atoms with Crippen LogP contribution in [0, 0.1) is 0 Å². The van der Waals surface area contributed by atoms with E-state index in [9.17, 15) is 9.59 Å². The Kier molecular flexibility index (Phi) is 54.8. The van der Waals surface area contributed by atoms with Crippen molar-refractivity contribution in [3.8, 4) is 0 Å². The van der Waals surface area contributed by atoms with Gasteiger partial charge in [-0.15, -0.1) is 0 Å². The zero-order valence-corrected chi connectivity index (χ0v) is 43.8. The van der Waals surface area contributed by atoms with Gasteiger partial charge >= 0.3 is 11.9 Å². The van der Waals surface area contributed by atoms with Crippen molar-refractivity contribution in [3.63, 3.8) is 0 Å². The van der Waals surface area contributed by atoms with Crippen LogP contribution in [0.15, 0.2) is 12.2 Å². The molecule has 0 fully saturated rings. The molecule has 0 aromatic rings. The summed E-state index contributed by atoms with van der Waals surface area (Å²) in [6, 6.07) is 0. The van der Waals surface area contributed by atoms with Gasteiger partial charge in [0.05, 0.1) is 6.61 Å². The number of hydrogen-bond acceptors (Lipinski definition) is 5. The van der Waals surface area contributed by atoms with E-state index in [4.69, 9.17) is 14.2 Å². The molecule has 1 atom stereocenters. The molecule has 0 bridgehead atoms. The molecule has 380 valence electrons. The molecule has 0 aliphatic rings. The highest BCUT2D eigenvalue weighted by atomic mass is 16.6. The van der Waals surface area contributed by atoms with Gasteiger partial charge in [0.1, 0.15) is 6.61 Å². The monoisotopic (exact) mass is 903 g/mol. The summed E-state index contributed by atoms with van der Waals surface area (Å²) >= 11 is 0. The first-order chi connectivity index (χ1) is 31.6. The van der Waals surface area contributed by atoms with Gasteiger partial charge in [0, 0.05) is 19.4 Å². The molecule has 64 heavy (non-hydrogen) atoms. The Hall–Kier alpha value is -1.36. The number of esters is 2. The van der Waals surface area contributed by atoms with E-state index in [1.54, 1.807) is 0 Å². The maximum absolute atomic E-state index is 12.8. The predicted octanol–water partition coefficient (Wildman–Crippen LogP) is 19.8. The minimum atomic E-state index is -0.531. The zero-order chi connectivity index (χ0) is 46.3. The lowest BCUT2D eigenvalue weighted by Crippen LogP contribution is -2.30. The molecule has 0 rings (SSSR count). The molecule has 0 aromatic heterocycles. The van der Waals surface area contributed by atoms with Gasteiger partial charge in [-0.1, -0.05) is 283 Å². The maximum atomic E-state index is 12.8. The number of carbonyl (C=O) groups is 2. The fourth-order valence-corrected chi connectivity index (χ4v) is 8.92. The summed E-state index contributed by atoms with van der Waals surface area (Å²) in [5.41, 5.74) is 0. The second kappa shape index (κ2) is 56.0. The highest BCUT2D eigenvalue weighted by Gasteiger charge is 2.17. The normalized spacial score (nSPS) is 12.1. The summed E-state index contributed by atoms with van der Waals surface area (Å²) in [5.74, 6) is -0.380. The van der Waals surface area contributed by atoms with Crippen molar-refractivity contribution in [2.24, 2.45) is 0 Å². The van der Waals surface area contributed by atoms with Crippen molar-refractivity contribution in [1.29, 1.82) is 0 Å². The van der Waals surface area contributed by atoms with Crippen molar-refractivity contribution < 1.29 is 23.8 Å². The van der Waals surface area contributed by atoms with Crippen molar-refractivity contribution in [2.75, 3.05) is 19.8 Å². The van der Waals surface area contributed by atoms with Crippen LogP contribution in [0.5, 0.6) is 0 Å². The largest absolute Gasteiger partial charge is 0.462 e. The second-order valence-corrected chi connectivity index (χ2v) is 19.9. The van der Waals surface area contributed by atoms with Crippen LogP contribution < -0.4 is 0 Å². The number of ether oxygens (including phenoxy) is 3. The van der Waals surface area contributed by atoms with Crippen molar-refractivity contribution in [3.05, 3.63) is 12.2 Å². The van der Waals surface area contributed by atoms with Crippen LogP contribution in [-0.2, 0) is 23.8 Å². The van der Waals surface area contributed by atoms with Gasteiger partial charge in [0.15, 0.2) is 6.10 Å². The fourth-order valence-electron chi connectivity index (χ4n) is 8.92. The Labute approximate surface area is 401 Å². The van der Waals surface area contributed by atoms with Gasteiger partial charge in [-0.2, -0.15) is 0 Å². The van der Waals surface area contributed by atoms with E-state index in [-0.39, 0.29) is 18.5 Å². The van der Waals surface area contributed by atoms with Crippen LogP contribution in [0.25, 0.3) is 0 Å². The number of hydrogen-bond donors (Lipinski definition) is 0. The van der Waals surface area contributed by atoms with Crippen LogP contribution >= 0.6 is 0 Å². The first kappa shape index (κ1) is 62.6. The van der Waals surface area contributed by atoms with Crippen molar-refractivity contribution >= 4 is 11.9 Å². The average molecular weight is 904 g/mol. The van der Waals surface area contributed by atoms with Gasteiger partial charge in [-0.25, -0.2) is 0 Å². The molecular weight excluding hydrogens is 789 g/mol. The Morgan fingerprint density at radius 2 is 0.609 bits per heavy atom. The lowest BCUT2D eigenvalue weighted by molar-refractivity contribution is -0.163. The van der Waals surface area contributed by atoms with E-state index < -0.39 is 6.10 Å². The van der Waals surface area contributed by atoms with Crippen LogP contribution in [0.2, 0.25) is 0 Å². The van der Waals surface area contributed by atoms with Gasteiger partial charge in [-0.3, -0.25) is 9.59 Å². The van der Waals surface area contributed by atoms with Crippen LogP contribution in [0.4, 0.5) is 0 Å². The molecule has 0 aliphatic heterocycles. The van der Waals surface area contributed by atoms with E-state index in [1.807, 2.05) is 0 Å². The van der Waals surface area contributed by atoms with E-state index in [1.165, 1.54) is 250 Å². The molecule has 0 N–H and O–H groups in total. The number of carbonyl (C=O) groups excluding carboxylic acids is 2. The third kappa shape index (κ3) is 53.3. The first-order valence-corrected chi connectivity index (χ1v) is 29.2. The lowest BCUT2D eigenvalue weighted by atomic mass is 10.0. The van der Waals surface area contributed by atoms with Gasteiger partial charge in [0.2, 0.25) is 0 Å². The molecule has 0 heterocycles. The summed E-state index contributed by atoms with van der Waals surface area (Å²) in [5, 5.41) is 0. The topological polar surface area (TPSA) is 61.8 Å². The fraction of sp³-hybridized carbons (Fsp3) is 0.932. The standard InChI is InChI=1S/C59H114O5/c1-4-7-10-13-16-19-22-25-28-30-32-34-37-40-43-46-49-52-58(60)63-56-57(55-62-54-51-48-45-42-39-36-33-29-26-23-20-17-14-11-8-5-2)64-59(61)53-50-47-44-41-38-35-31-27-24-21-18-15-12-9-6-3/h27,31,57H,4-26,28-30,32-56H2,1-3H3/b31-27-/t57-/m1/s1. The highest BCUT2D eigenvalue weighted by molar-refractivity contribution is 5.70. The number of allylic oxidation sites excluding steroid dienone is 2. The van der Waals surface area contributed by atoms with E-state index in [0.29, 0.717) is 26.1 Å². The molecule has 0 radical (unpaired) electrons. The Morgan fingerprint density at radius 1 is 0.328 bits per heavy atom. The van der Waals surface area contributed by atoms with E-state index in [0.717, 1.165) is 44.9 Å². The molecule has 0 aromatic carbocycles. The van der Waals surface area contributed by atoms with Crippen LogP contribution in [0.3, 0.4) is 0 Å². The van der Waals surface area contributed by atoms with Gasteiger partial charge < -0.3 is 14.2 Å². The minimum absolute atomic E-state index is 0.0921. The Balaban J connectivity index is 4.21. The predicted molar refractivity (Wildman–Crippen MR) is 279 cm³/mol. The van der Waals surface area contributed by atoms with Crippen molar-refractivity contribution in [1.82, 2.24) is 0 Å². The Morgan fingerprint density at radius 3 is 0.953 bits per heavy atom. The summed E-state index contributed by atoms with van der Waals surface area (Å²) < 4.78 is 17.5. The average Bonchev–Trinajstić information content (AvgIpc) is 3.30. The van der Waals surface area contributed by atoms with E-state index in [2.05, 4.69) is 32.9 Å². The summed E-state index contributed by atoms with van der Waals surface area (Å²) in [4.78, 5) is 25.5. The first-order valence-electron chi connectivity index (χ1n) is 29.2. The third-order valence-electron chi connectivity index (χ3n) is 13.3. The minimum Gasteiger partial charge on any atom is -0.462 e. The lowest BCUT2D eigenvalue weighted by Gasteiger charge is -2.18. The van der Waals surface area contributed by atoms with E-state index >= 15 is 0 Å². The van der Waals surface area contributed by atoms with Crippen LogP contribution in [0.1, 0.15) is 329 Å².